The number of halogens is 1. The predicted octanol–water partition coefficient (Wildman–Crippen LogP) is 4.22. The number of carbonyl (C=O) groups is 1. The molecule has 0 fully saturated rings. The molecule has 2 aromatic rings. The van der Waals surface area contributed by atoms with Crippen molar-refractivity contribution in [2.75, 3.05) is 6.54 Å². The quantitative estimate of drug-likeness (QED) is 0.769. The third-order valence-electron chi connectivity index (χ3n) is 3.43. The molecular formula is C20H19FN2O2. The van der Waals surface area contributed by atoms with Crippen LogP contribution in [0.15, 0.2) is 54.6 Å². The van der Waals surface area contributed by atoms with E-state index in [2.05, 4.69) is 5.32 Å². The largest absolute Gasteiger partial charge is 0.445 e. The van der Waals surface area contributed by atoms with Crippen molar-refractivity contribution in [3.63, 3.8) is 0 Å². The van der Waals surface area contributed by atoms with Crippen LogP contribution in [0.2, 0.25) is 0 Å². The van der Waals surface area contributed by atoms with Gasteiger partial charge < -0.3 is 10.1 Å². The second-order valence-electron chi connectivity index (χ2n) is 5.37. The van der Waals surface area contributed by atoms with Gasteiger partial charge in [-0.3, -0.25) is 0 Å². The first-order chi connectivity index (χ1) is 12.2. The van der Waals surface area contributed by atoms with Crippen LogP contribution < -0.4 is 5.32 Å². The van der Waals surface area contributed by atoms with Gasteiger partial charge >= 0.3 is 6.09 Å². The van der Waals surface area contributed by atoms with E-state index in [1.54, 1.807) is 24.3 Å². The van der Waals surface area contributed by atoms with Crippen molar-refractivity contribution in [3.05, 3.63) is 77.1 Å². The molecule has 128 valence electrons. The number of nitriles is 1. The smallest absolute Gasteiger partial charge is 0.407 e. The average Bonchev–Trinajstić information content (AvgIpc) is 2.63. The van der Waals surface area contributed by atoms with E-state index in [0.29, 0.717) is 18.5 Å². The van der Waals surface area contributed by atoms with E-state index in [1.165, 1.54) is 6.07 Å². The lowest BCUT2D eigenvalue weighted by Crippen LogP contribution is -2.24. The number of amides is 1. The molecule has 4 nitrogen and oxygen atoms in total. The Kier molecular flexibility index (Phi) is 7.20. The van der Waals surface area contributed by atoms with E-state index in [9.17, 15) is 9.18 Å². The molecule has 0 atom stereocenters. The minimum Gasteiger partial charge on any atom is -0.445 e. The fraction of sp³-hybridized carbons (Fsp3) is 0.200. The van der Waals surface area contributed by atoms with Crippen LogP contribution in [-0.2, 0) is 17.8 Å². The molecule has 0 aliphatic rings. The molecule has 0 spiro atoms. The number of hydrogen-bond donors (Lipinski definition) is 1. The van der Waals surface area contributed by atoms with E-state index >= 15 is 0 Å². The third kappa shape index (κ3) is 6.48. The van der Waals surface area contributed by atoms with Crippen LogP contribution >= 0.6 is 0 Å². The van der Waals surface area contributed by atoms with E-state index < -0.39 is 6.09 Å². The van der Waals surface area contributed by atoms with Crippen molar-refractivity contribution in [2.45, 2.75) is 19.4 Å². The number of nitrogens with one attached hydrogen (secondary N) is 1. The lowest BCUT2D eigenvalue weighted by atomic mass is 10.1. The topological polar surface area (TPSA) is 62.1 Å². The van der Waals surface area contributed by atoms with Crippen LogP contribution in [0.3, 0.4) is 0 Å². The van der Waals surface area contributed by atoms with E-state index in [1.807, 2.05) is 36.4 Å². The maximum atomic E-state index is 13.7. The molecule has 2 aromatic carbocycles. The SMILES string of the molecule is N#CCc1ccc(F)c(C=CCCNC(=O)OCc2ccccc2)c1. The molecular weight excluding hydrogens is 319 g/mol. The second kappa shape index (κ2) is 9.89. The maximum Gasteiger partial charge on any atom is 0.407 e. The second-order valence-corrected chi connectivity index (χ2v) is 5.37. The molecule has 5 heteroatoms. The first-order valence-corrected chi connectivity index (χ1v) is 7.95. The van der Waals surface area contributed by atoms with E-state index in [0.717, 1.165) is 11.1 Å². The first-order valence-electron chi connectivity index (χ1n) is 7.95. The summed E-state index contributed by atoms with van der Waals surface area (Å²) in [6.45, 7) is 0.614. The highest BCUT2D eigenvalue weighted by atomic mass is 19.1. The molecule has 25 heavy (non-hydrogen) atoms. The maximum absolute atomic E-state index is 13.7. The summed E-state index contributed by atoms with van der Waals surface area (Å²) in [7, 11) is 0. The van der Waals surface area contributed by atoms with Gasteiger partial charge in [0.25, 0.3) is 0 Å². The predicted molar refractivity (Wildman–Crippen MR) is 94.0 cm³/mol. The van der Waals surface area contributed by atoms with Gasteiger partial charge in [-0.15, -0.1) is 0 Å². The van der Waals surface area contributed by atoms with Crippen molar-refractivity contribution >= 4 is 12.2 Å². The minimum atomic E-state index is -0.487. The van der Waals surface area contributed by atoms with Crippen LogP contribution in [0.5, 0.6) is 0 Å². The Bertz CT molecular complexity index is 767. The van der Waals surface area contributed by atoms with E-state index in [-0.39, 0.29) is 18.8 Å². The summed E-state index contributed by atoms with van der Waals surface area (Å²) in [6, 6.07) is 16.1. The lowest BCUT2D eigenvalue weighted by molar-refractivity contribution is 0.140. The molecule has 0 saturated heterocycles. The molecule has 0 heterocycles. The zero-order valence-electron chi connectivity index (χ0n) is 13.7. The number of benzene rings is 2. The monoisotopic (exact) mass is 338 g/mol. The molecule has 0 bridgehead atoms. The molecule has 0 saturated carbocycles. The molecule has 1 amide bonds. The lowest BCUT2D eigenvalue weighted by Gasteiger charge is -2.06. The Labute approximate surface area is 146 Å². The van der Waals surface area contributed by atoms with E-state index in [4.69, 9.17) is 10.00 Å². The summed E-state index contributed by atoms with van der Waals surface area (Å²) in [5.41, 5.74) is 2.12. The Morgan fingerprint density at radius 3 is 2.76 bits per heavy atom. The summed E-state index contributed by atoms with van der Waals surface area (Å²) in [6.07, 6.45) is 3.72. The van der Waals surface area contributed by atoms with Gasteiger partial charge in [0, 0.05) is 12.1 Å². The highest BCUT2D eigenvalue weighted by Gasteiger charge is 2.02. The summed E-state index contributed by atoms with van der Waals surface area (Å²) >= 11 is 0. The van der Waals surface area contributed by atoms with Gasteiger partial charge in [-0.2, -0.15) is 5.26 Å². The summed E-state index contributed by atoms with van der Waals surface area (Å²) in [4.78, 5) is 11.6. The Hall–Kier alpha value is -3.13. The highest BCUT2D eigenvalue weighted by molar-refractivity contribution is 5.67. The fourth-order valence-corrected chi connectivity index (χ4v) is 2.16. The molecule has 0 radical (unpaired) electrons. The number of alkyl carbamates (subject to hydrolysis) is 1. The third-order valence-corrected chi connectivity index (χ3v) is 3.43. The van der Waals surface area contributed by atoms with Crippen LogP contribution in [-0.4, -0.2) is 12.6 Å². The van der Waals surface area contributed by atoms with Crippen LogP contribution in [0.25, 0.3) is 6.08 Å². The van der Waals surface area contributed by atoms with Crippen molar-refractivity contribution in [1.82, 2.24) is 5.32 Å². The van der Waals surface area contributed by atoms with Gasteiger partial charge in [0.15, 0.2) is 0 Å². The average molecular weight is 338 g/mol. The molecule has 0 unspecified atom stereocenters. The van der Waals surface area contributed by atoms with Crippen molar-refractivity contribution < 1.29 is 13.9 Å². The fourth-order valence-electron chi connectivity index (χ4n) is 2.16. The molecule has 1 N–H and O–H groups in total. The molecule has 2 rings (SSSR count). The van der Waals surface area contributed by atoms with Crippen molar-refractivity contribution in [3.8, 4) is 6.07 Å². The number of carbonyl (C=O) groups excluding carboxylic acids is 1. The summed E-state index contributed by atoms with van der Waals surface area (Å²) in [5, 5.41) is 11.3. The standard InChI is InChI=1S/C20H19FN2O2/c21-19-10-9-16(11-12-22)14-18(19)8-4-5-13-23-20(24)25-15-17-6-2-1-3-7-17/h1-4,6-10,14H,5,11,13,15H2,(H,23,24). The Morgan fingerprint density at radius 1 is 1.20 bits per heavy atom. The number of nitrogens with zero attached hydrogens (tertiary/aromatic N) is 1. The normalized spacial score (nSPS) is 10.4. The van der Waals surface area contributed by atoms with Gasteiger partial charge in [0.05, 0.1) is 12.5 Å². The van der Waals surface area contributed by atoms with Crippen LogP contribution in [0.1, 0.15) is 23.1 Å². The zero-order chi connectivity index (χ0) is 17.9. The van der Waals surface area contributed by atoms with Gasteiger partial charge in [-0.25, -0.2) is 9.18 Å². The first kappa shape index (κ1) is 18.2. The van der Waals surface area contributed by atoms with Crippen LogP contribution in [0.4, 0.5) is 9.18 Å². The molecule has 0 aliphatic carbocycles. The summed E-state index contributed by atoms with van der Waals surface area (Å²) in [5.74, 6) is -0.340. The molecule has 0 aliphatic heterocycles. The number of rotatable bonds is 7. The van der Waals surface area contributed by atoms with Crippen molar-refractivity contribution in [2.24, 2.45) is 0 Å². The van der Waals surface area contributed by atoms with Gasteiger partial charge in [0.2, 0.25) is 0 Å². The van der Waals surface area contributed by atoms with Gasteiger partial charge in [-0.1, -0.05) is 48.6 Å². The highest BCUT2D eigenvalue weighted by Crippen LogP contribution is 2.13. The zero-order valence-corrected chi connectivity index (χ0v) is 13.7. The van der Waals surface area contributed by atoms with Crippen molar-refractivity contribution in [1.29, 1.82) is 5.26 Å². The minimum absolute atomic E-state index is 0.222. The van der Waals surface area contributed by atoms with Crippen LogP contribution in [0, 0.1) is 17.1 Å². The molecule has 0 aromatic heterocycles. The summed E-state index contributed by atoms with van der Waals surface area (Å²) < 4.78 is 18.8. The Balaban J connectivity index is 1.72. The Morgan fingerprint density at radius 2 is 2.00 bits per heavy atom. The van der Waals surface area contributed by atoms with Gasteiger partial charge in [-0.05, 0) is 29.7 Å². The van der Waals surface area contributed by atoms with Gasteiger partial charge in [0.1, 0.15) is 12.4 Å². The number of ether oxygens (including phenoxy) is 1. The number of hydrogen-bond acceptors (Lipinski definition) is 3.